The monoisotopic (exact) mass is 202 g/mol. The number of rotatable bonds is 4. The summed E-state index contributed by atoms with van der Waals surface area (Å²) >= 11 is 3.42. The number of allylic oxidation sites excluding steroid dienone is 3. The summed E-state index contributed by atoms with van der Waals surface area (Å²) in [6.07, 6.45) is 7.32. The molecule has 1 atom stereocenters. The fourth-order valence-electron chi connectivity index (χ4n) is 0.559. The summed E-state index contributed by atoms with van der Waals surface area (Å²) in [7, 11) is 0. The van der Waals surface area contributed by atoms with E-state index in [2.05, 4.69) is 48.5 Å². The van der Waals surface area contributed by atoms with Gasteiger partial charge >= 0.3 is 0 Å². The van der Waals surface area contributed by atoms with E-state index >= 15 is 0 Å². The van der Waals surface area contributed by atoms with E-state index in [0.717, 1.165) is 12.3 Å². The van der Waals surface area contributed by atoms with Crippen molar-refractivity contribution in [2.45, 2.75) is 25.1 Å². The average molecular weight is 203 g/mol. The Hall–Kier alpha value is -0.0400. The van der Waals surface area contributed by atoms with Crippen molar-refractivity contribution in [3.8, 4) is 0 Å². The molecule has 0 aliphatic heterocycles. The molecule has 0 amide bonds. The van der Waals surface area contributed by atoms with Crippen LogP contribution in [0.25, 0.3) is 0 Å². The molecule has 0 N–H and O–H groups in total. The minimum atomic E-state index is 0.339. The Morgan fingerprint density at radius 3 is 2.50 bits per heavy atom. The van der Waals surface area contributed by atoms with Crippen LogP contribution in [0.1, 0.15) is 20.3 Å². The Kier molecular flexibility index (Phi) is 5.70. The molecule has 0 saturated carbocycles. The first-order valence-corrected chi connectivity index (χ1v) is 4.51. The zero-order valence-corrected chi connectivity index (χ0v) is 8.26. The molecule has 10 heavy (non-hydrogen) atoms. The SMILES string of the molecule is C=CC(Br)C=CCC(C)C. The van der Waals surface area contributed by atoms with Crippen LogP contribution in [0, 0.1) is 5.92 Å². The summed E-state index contributed by atoms with van der Waals surface area (Å²) in [5.41, 5.74) is 0. The van der Waals surface area contributed by atoms with Crippen molar-refractivity contribution in [1.82, 2.24) is 0 Å². The van der Waals surface area contributed by atoms with Crippen LogP contribution in [-0.4, -0.2) is 4.83 Å². The maximum atomic E-state index is 3.66. The summed E-state index contributed by atoms with van der Waals surface area (Å²) in [6, 6.07) is 0. The molecule has 0 rings (SSSR count). The quantitative estimate of drug-likeness (QED) is 0.484. The average Bonchev–Trinajstić information content (AvgIpc) is 1.87. The van der Waals surface area contributed by atoms with Gasteiger partial charge in [-0.3, -0.25) is 0 Å². The summed E-state index contributed by atoms with van der Waals surface area (Å²) in [6.45, 7) is 8.08. The lowest BCUT2D eigenvalue weighted by Crippen LogP contribution is -1.86. The van der Waals surface area contributed by atoms with Gasteiger partial charge in [0.1, 0.15) is 0 Å². The molecule has 0 saturated heterocycles. The van der Waals surface area contributed by atoms with Crippen LogP contribution in [0.2, 0.25) is 0 Å². The van der Waals surface area contributed by atoms with Gasteiger partial charge in [-0.2, -0.15) is 0 Å². The van der Waals surface area contributed by atoms with Crippen molar-refractivity contribution in [3.05, 3.63) is 24.8 Å². The molecular weight excluding hydrogens is 188 g/mol. The molecule has 0 aromatic heterocycles. The largest absolute Gasteiger partial charge is 0.102 e. The number of alkyl halides is 1. The highest BCUT2D eigenvalue weighted by Crippen LogP contribution is 2.05. The number of halogens is 1. The van der Waals surface area contributed by atoms with Crippen LogP contribution in [0.3, 0.4) is 0 Å². The van der Waals surface area contributed by atoms with E-state index in [9.17, 15) is 0 Å². The second kappa shape index (κ2) is 5.72. The first-order chi connectivity index (χ1) is 4.66. The van der Waals surface area contributed by atoms with Crippen molar-refractivity contribution in [3.63, 3.8) is 0 Å². The lowest BCUT2D eigenvalue weighted by molar-refractivity contribution is 0.663. The summed E-state index contributed by atoms with van der Waals surface area (Å²) in [5, 5.41) is 0. The van der Waals surface area contributed by atoms with Gasteiger partial charge in [-0.25, -0.2) is 0 Å². The molecular formula is C9H15Br. The fraction of sp³-hybridized carbons (Fsp3) is 0.556. The van der Waals surface area contributed by atoms with E-state index in [0.29, 0.717) is 4.83 Å². The lowest BCUT2D eigenvalue weighted by atomic mass is 10.1. The van der Waals surface area contributed by atoms with Gasteiger partial charge in [-0.05, 0) is 12.3 Å². The Balaban J connectivity index is 3.45. The van der Waals surface area contributed by atoms with Crippen molar-refractivity contribution in [2.75, 3.05) is 0 Å². The smallest absolute Gasteiger partial charge is 0.0503 e. The van der Waals surface area contributed by atoms with Crippen LogP contribution >= 0.6 is 15.9 Å². The van der Waals surface area contributed by atoms with Gasteiger partial charge in [-0.15, -0.1) is 6.58 Å². The predicted octanol–water partition coefficient (Wildman–Crippen LogP) is 3.54. The summed E-state index contributed by atoms with van der Waals surface area (Å²) in [4.78, 5) is 0.339. The van der Waals surface area contributed by atoms with E-state index in [-0.39, 0.29) is 0 Å². The van der Waals surface area contributed by atoms with Gasteiger partial charge in [0.05, 0.1) is 4.83 Å². The van der Waals surface area contributed by atoms with E-state index in [4.69, 9.17) is 0 Å². The molecule has 58 valence electrons. The van der Waals surface area contributed by atoms with Crippen LogP contribution in [0.5, 0.6) is 0 Å². The molecule has 0 aromatic carbocycles. The molecule has 1 heteroatoms. The zero-order valence-electron chi connectivity index (χ0n) is 6.68. The highest BCUT2D eigenvalue weighted by atomic mass is 79.9. The maximum absolute atomic E-state index is 3.66. The number of hydrogen-bond acceptors (Lipinski definition) is 0. The first kappa shape index (κ1) is 9.96. The van der Waals surface area contributed by atoms with E-state index in [1.165, 1.54) is 0 Å². The van der Waals surface area contributed by atoms with E-state index in [1.54, 1.807) is 0 Å². The van der Waals surface area contributed by atoms with Gasteiger partial charge in [0.25, 0.3) is 0 Å². The highest BCUT2D eigenvalue weighted by molar-refractivity contribution is 9.09. The van der Waals surface area contributed by atoms with E-state index in [1.807, 2.05) is 6.08 Å². The number of hydrogen-bond donors (Lipinski definition) is 0. The van der Waals surface area contributed by atoms with Crippen molar-refractivity contribution >= 4 is 15.9 Å². The van der Waals surface area contributed by atoms with Gasteiger partial charge in [0.2, 0.25) is 0 Å². The summed E-state index contributed by atoms with van der Waals surface area (Å²) < 4.78 is 0. The minimum absolute atomic E-state index is 0.339. The molecule has 0 bridgehead atoms. The topological polar surface area (TPSA) is 0 Å². The fourth-order valence-corrected chi connectivity index (χ4v) is 0.775. The molecule has 0 radical (unpaired) electrons. The third kappa shape index (κ3) is 6.09. The Morgan fingerprint density at radius 1 is 1.50 bits per heavy atom. The summed E-state index contributed by atoms with van der Waals surface area (Å²) in [5.74, 6) is 0.751. The van der Waals surface area contributed by atoms with Gasteiger partial charge in [-0.1, -0.05) is 48.0 Å². The Bertz CT molecular complexity index is 114. The second-order valence-corrected chi connectivity index (χ2v) is 3.80. The second-order valence-electron chi connectivity index (χ2n) is 2.74. The molecule has 1 unspecified atom stereocenters. The van der Waals surface area contributed by atoms with Crippen LogP contribution < -0.4 is 0 Å². The van der Waals surface area contributed by atoms with Gasteiger partial charge in [0, 0.05) is 0 Å². The first-order valence-electron chi connectivity index (χ1n) is 3.60. The molecule has 0 aromatic rings. The van der Waals surface area contributed by atoms with Crippen LogP contribution in [-0.2, 0) is 0 Å². The maximum Gasteiger partial charge on any atom is 0.0503 e. The van der Waals surface area contributed by atoms with Crippen LogP contribution in [0.4, 0.5) is 0 Å². The lowest BCUT2D eigenvalue weighted by Gasteiger charge is -1.97. The molecule has 0 spiro atoms. The molecule has 0 aliphatic rings. The van der Waals surface area contributed by atoms with Crippen molar-refractivity contribution < 1.29 is 0 Å². The Labute approximate surface area is 72.1 Å². The minimum Gasteiger partial charge on any atom is -0.102 e. The molecule has 0 heterocycles. The molecule has 0 fully saturated rings. The standard InChI is InChI=1S/C9H15Br/c1-4-9(10)7-5-6-8(2)3/h4-5,7-9H,1,6H2,2-3H3. The predicted molar refractivity (Wildman–Crippen MR) is 51.5 cm³/mol. The normalized spacial score (nSPS) is 14.4. The van der Waals surface area contributed by atoms with Crippen LogP contribution in [0.15, 0.2) is 24.8 Å². The van der Waals surface area contributed by atoms with Crippen molar-refractivity contribution in [1.29, 1.82) is 0 Å². The third-order valence-corrected chi connectivity index (χ3v) is 1.83. The van der Waals surface area contributed by atoms with Crippen molar-refractivity contribution in [2.24, 2.45) is 5.92 Å². The highest BCUT2D eigenvalue weighted by Gasteiger charge is 1.90. The third-order valence-electron chi connectivity index (χ3n) is 1.15. The van der Waals surface area contributed by atoms with Gasteiger partial charge in [0.15, 0.2) is 0 Å². The molecule has 0 nitrogen and oxygen atoms in total. The van der Waals surface area contributed by atoms with E-state index < -0.39 is 0 Å². The zero-order chi connectivity index (χ0) is 7.98. The molecule has 0 aliphatic carbocycles. The Morgan fingerprint density at radius 2 is 2.10 bits per heavy atom. The van der Waals surface area contributed by atoms with Gasteiger partial charge < -0.3 is 0 Å².